The molecule has 0 aliphatic rings. The van der Waals surface area contributed by atoms with Crippen molar-refractivity contribution in [3.8, 4) is 0 Å². The number of rotatable bonds is 2. The van der Waals surface area contributed by atoms with Crippen LogP contribution in [0, 0.1) is 21.1 Å². The summed E-state index contributed by atoms with van der Waals surface area (Å²) < 4.78 is 0. The van der Waals surface area contributed by atoms with E-state index in [0.29, 0.717) is 6.67 Å². The fourth-order valence-electron chi connectivity index (χ4n) is 0.258. The Morgan fingerprint density at radius 1 is 1.29 bits per heavy atom. The molecule has 7 heavy (non-hydrogen) atoms. The summed E-state index contributed by atoms with van der Waals surface area (Å²) >= 11 is 0. The third kappa shape index (κ3) is 5.92. The smallest absolute Gasteiger partial charge is 0.0515 e. The molecule has 0 saturated carbocycles. The van der Waals surface area contributed by atoms with Crippen molar-refractivity contribution >= 4 is 0 Å². The van der Waals surface area contributed by atoms with Crippen molar-refractivity contribution in [2.45, 2.75) is 0 Å². The van der Waals surface area contributed by atoms with E-state index in [4.69, 9.17) is 21.1 Å². The lowest BCUT2D eigenvalue weighted by Crippen LogP contribution is -2.21. The van der Waals surface area contributed by atoms with Gasteiger partial charge in [-0.2, -0.15) is 0 Å². The molecule has 0 saturated heterocycles. The van der Waals surface area contributed by atoms with Gasteiger partial charge in [-0.25, -0.2) is 0 Å². The maximum absolute atomic E-state index is 5.12. The first-order valence-electron chi connectivity index (χ1n) is 1.85. The fourth-order valence-corrected chi connectivity index (χ4v) is 0.258. The third-order valence-electron chi connectivity index (χ3n) is 0.386. The summed E-state index contributed by atoms with van der Waals surface area (Å²) in [6, 6.07) is 0. The second-order valence-electron chi connectivity index (χ2n) is 1.41. The topological polar surface area (TPSA) is 6.48 Å². The highest BCUT2D eigenvalue weighted by Gasteiger charge is 1.89. The van der Waals surface area contributed by atoms with Crippen molar-refractivity contribution in [3.63, 3.8) is 0 Å². The second kappa shape index (κ2) is 2.99. The first-order chi connectivity index (χ1) is 3.13. The minimum Gasteiger partial charge on any atom is -0.287 e. The van der Waals surface area contributed by atoms with Crippen LogP contribution in [0.1, 0.15) is 0 Å². The summed E-state index contributed by atoms with van der Waals surface area (Å²) in [5.41, 5.74) is 0. The molecule has 0 aliphatic heterocycles. The molecule has 2 nitrogen and oxygen atoms in total. The summed E-state index contributed by atoms with van der Waals surface area (Å²) in [5.74, 6) is 0. The maximum Gasteiger partial charge on any atom is 0.0515 e. The second-order valence-corrected chi connectivity index (χ2v) is 1.41. The monoisotopic (exact) mass is 96.1 g/mol. The molecule has 38 valence electrons. The Hall–Kier alpha value is -0.0800. The molecule has 0 bridgehead atoms. The van der Waals surface area contributed by atoms with Crippen LogP contribution in [0.2, 0.25) is 0 Å². The lowest BCUT2D eigenvalue weighted by Gasteiger charge is -2.13. The number of hydrogen-bond acceptors (Lipinski definition) is 2. The van der Waals surface area contributed by atoms with Gasteiger partial charge in [-0.15, -0.1) is 0 Å². The van der Waals surface area contributed by atoms with Gasteiger partial charge < -0.3 is 0 Å². The Morgan fingerprint density at radius 3 is 1.71 bits per heavy atom. The van der Waals surface area contributed by atoms with Gasteiger partial charge in [0.05, 0.1) is 6.67 Å². The first-order valence-corrected chi connectivity index (χ1v) is 1.85. The zero-order chi connectivity index (χ0) is 5.86. The van der Waals surface area contributed by atoms with E-state index >= 15 is 0 Å². The molecule has 0 N–H and O–H groups in total. The molecule has 0 amide bonds. The lowest BCUT2D eigenvalue weighted by atomic mass is 10.8. The van der Waals surface area contributed by atoms with Crippen LogP contribution in [0.5, 0.6) is 0 Å². The van der Waals surface area contributed by atoms with E-state index in [1.54, 1.807) is 7.05 Å². The first kappa shape index (κ1) is 6.92. The van der Waals surface area contributed by atoms with Crippen molar-refractivity contribution in [3.05, 3.63) is 21.1 Å². The molecule has 0 unspecified atom stereocenters. The van der Waals surface area contributed by atoms with Gasteiger partial charge >= 0.3 is 0 Å². The van der Waals surface area contributed by atoms with E-state index < -0.39 is 0 Å². The van der Waals surface area contributed by atoms with Crippen LogP contribution in [0.3, 0.4) is 0 Å². The molecule has 0 atom stereocenters. The fraction of sp³-hybridized carbons (Fsp3) is 0.400. The highest BCUT2D eigenvalue weighted by molar-refractivity contribution is 4.49. The van der Waals surface area contributed by atoms with Gasteiger partial charge in [0, 0.05) is 21.1 Å². The average Bonchev–Trinajstić information content (AvgIpc) is 1.27. The van der Waals surface area contributed by atoms with Crippen LogP contribution in [0.4, 0.5) is 0 Å². The van der Waals surface area contributed by atoms with Crippen molar-refractivity contribution in [2.75, 3.05) is 13.7 Å². The predicted molar refractivity (Wildman–Crippen MR) is 27.4 cm³/mol. The molecule has 0 rings (SSSR count). The summed E-state index contributed by atoms with van der Waals surface area (Å²) in [7, 11) is 16.8. The Morgan fingerprint density at radius 2 is 1.71 bits per heavy atom. The van der Waals surface area contributed by atoms with Gasteiger partial charge in [-0.3, -0.25) is 9.80 Å². The van der Waals surface area contributed by atoms with Gasteiger partial charge in [-0.05, 0) is 7.05 Å². The highest BCUT2D eigenvalue weighted by atomic mass is 15.2. The Labute approximate surface area is 45.7 Å². The molecule has 6 radical (unpaired) electrons. The SMILES string of the molecule is [CH]N([CH])CN([CH])C. The van der Waals surface area contributed by atoms with Gasteiger partial charge in [0.1, 0.15) is 0 Å². The zero-order valence-electron chi connectivity index (χ0n) is 4.33. The third-order valence-corrected chi connectivity index (χ3v) is 0.386. The van der Waals surface area contributed by atoms with E-state index in [0.717, 1.165) is 4.90 Å². The molecule has 0 aromatic rings. The van der Waals surface area contributed by atoms with Crippen molar-refractivity contribution in [2.24, 2.45) is 0 Å². The van der Waals surface area contributed by atoms with E-state index in [1.165, 1.54) is 4.90 Å². The Kier molecular flexibility index (Phi) is 2.96. The Bertz CT molecular complexity index is 35.3. The standard InChI is InChI=1S/C5H8N2/c1-6(2)5-7(3)4/h1-3H,5H2,4H3. The number of nitrogens with zero attached hydrogens (tertiary/aromatic N) is 2. The van der Waals surface area contributed by atoms with Crippen LogP contribution in [-0.4, -0.2) is 23.5 Å². The van der Waals surface area contributed by atoms with E-state index in [9.17, 15) is 0 Å². The minimum absolute atomic E-state index is 0.361. The predicted octanol–water partition coefficient (Wildman–Crippen LogP) is 0.183. The highest BCUT2D eigenvalue weighted by Crippen LogP contribution is 1.81. The summed E-state index contributed by atoms with van der Waals surface area (Å²) in [6.07, 6.45) is 0. The summed E-state index contributed by atoms with van der Waals surface area (Å²) in [5, 5.41) is 0. The van der Waals surface area contributed by atoms with Crippen molar-refractivity contribution in [1.82, 2.24) is 9.80 Å². The molecule has 0 aromatic carbocycles. The molecular formula is C5H8N2. The minimum atomic E-state index is 0.361. The van der Waals surface area contributed by atoms with Crippen LogP contribution < -0.4 is 0 Å². The quantitative estimate of drug-likeness (QED) is 0.357. The molecule has 0 aromatic heterocycles. The molecular weight excluding hydrogens is 88.1 g/mol. The van der Waals surface area contributed by atoms with Crippen LogP contribution >= 0.6 is 0 Å². The van der Waals surface area contributed by atoms with E-state index in [-0.39, 0.29) is 0 Å². The molecule has 0 heterocycles. The van der Waals surface area contributed by atoms with Gasteiger partial charge in [-0.1, -0.05) is 0 Å². The van der Waals surface area contributed by atoms with Crippen LogP contribution in [0.15, 0.2) is 0 Å². The van der Waals surface area contributed by atoms with Crippen LogP contribution in [0.25, 0.3) is 0 Å². The summed E-state index contributed by atoms with van der Waals surface area (Å²) in [4.78, 5) is 2.38. The maximum atomic E-state index is 5.12. The van der Waals surface area contributed by atoms with Gasteiger partial charge in [0.15, 0.2) is 0 Å². The molecule has 0 aliphatic carbocycles. The van der Waals surface area contributed by atoms with Gasteiger partial charge in [0.2, 0.25) is 0 Å². The average molecular weight is 96.1 g/mol. The van der Waals surface area contributed by atoms with E-state index in [1.807, 2.05) is 0 Å². The summed E-state index contributed by atoms with van der Waals surface area (Å²) in [6.45, 7) is 0.361. The zero-order valence-corrected chi connectivity index (χ0v) is 4.33. The van der Waals surface area contributed by atoms with Crippen molar-refractivity contribution in [1.29, 1.82) is 0 Å². The normalized spacial score (nSPS) is 11.1. The lowest BCUT2D eigenvalue weighted by molar-refractivity contribution is 0.306. The Balaban J connectivity index is 2.95. The molecule has 0 fully saturated rings. The van der Waals surface area contributed by atoms with E-state index in [2.05, 4.69) is 0 Å². The molecule has 2 heteroatoms. The largest absolute Gasteiger partial charge is 0.287 e. The van der Waals surface area contributed by atoms with Gasteiger partial charge in [0.25, 0.3) is 0 Å². The van der Waals surface area contributed by atoms with Crippen molar-refractivity contribution < 1.29 is 0 Å². The number of hydrogen-bond donors (Lipinski definition) is 0. The molecule has 0 spiro atoms. The van der Waals surface area contributed by atoms with Crippen LogP contribution in [-0.2, 0) is 0 Å².